The van der Waals surface area contributed by atoms with Crippen LogP contribution in [0.4, 0.5) is 0 Å². The molecule has 4 heteroatoms. The Kier molecular flexibility index (Phi) is 4.38. The van der Waals surface area contributed by atoms with E-state index < -0.39 is 0 Å². The van der Waals surface area contributed by atoms with Crippen LogP contribution in [-0.4, -0.2) is 14.2 Å². The second-order valence-corrected chi connectivity index (χ2v) is 3.79. The Morgan fingerprint density at radius 3 is 2.57 bits per heavy atom. The van der Waals surface area contributed by atoms with E-state index in [4.69, 9.17) is 9.57 Å². The van der Waals surface area contributed by atoms with Gasteiger partial charge in [0.25, 0.3) is 0 Å². The highest BCUT2D eigenvalue weighted by Gasteiger charge is 2.07. The summed E-state index contributed by atoms with van der Waals surface area (Å²) in [5.74, 6) is 0.832. The van der Waals surface area contributed by atoms with Crippen molar-refractivity contribution in [1.82, 2.24) is 5.48 Å². The molecule has 0 saturated heterocycles. The molecule has 14 heavy (non-hydrogen) atoms. The van der Waals surface area contributed by atoms with E-state index in [1.807, 2.05) is 25.1 Å². The number of rotatable bonds is 4. The lowest BCUT2D eigenvalue weighted by Crippen LogP contribution is -2.16. The molecule has 1 rings (SSSR count). The third kappa shape index (κ3) is 2.70. The van der Waals surface area contributed by atoms with Crippen LogP contribution in [0.15, 0.2) is 22.7 Å². The molecule has 0 aliphatic heterocycles. The summed E-state index contributed by atoms with van der Waals surface area (Å²) in [5.41, 5.74) is 4.00. The molecule has 0 radical (unpaired) electrons. The molecule has 0 bridgehead atoms. The lowest BCUT2D eigenvalue weighted by molar-refractivity contribution is 0.0658. The van der Waals surface area contributed by atoms with Gasteiger partial charge in [0.15, 0.2) is 0 Å². The molecule has 1 aromatic rings. The summed E-state index contributed by atoms with van der Waals surface area (Å²) in [6.45, 7) is 2.03. The number of methoxy groups -OCH3 is 1. The number of hydrogen-bond donors (Lipinski definition) is 1. The Morgan fingerprint density at radius 1 is 1.36 bits per heavy atom. The minimum atomic E-state index is 0.155. The summed E-state index contributed by atoms with van der Waals surface area (Å²) < 4.78 is 6.09. The van der Waals surface area contributed by atoms with Gasteiger partial charge in [-0.05, 0) is 40.5 Å². The molecule has 0 spiro atoms. The van der Waals surface area contributed by atoms with Crippen LogP contribution in [0, 0.1) is 0 Å². The highest BCUT2D eigenvalue weighted by atomic mass is 79.9. The van der Waals surface area contributed by atoms with Gasteiger partial charge in [-0.2, -0.15) is 5.48 Å². The van der Waals surface area contributed by atoms with Gasteiger partial charge >= 0.3 is 0 Å². The molecule has 1 atom stereocenters. The molecule has 0 aliphatic carbocycles. The van der Waals surface area contributed by atoms with Crippen LogP contribution < -0.4 is 10.2 Å². The second-order valence-electron chi connectivity index (χ2n) is 2.94. The van der Waals surface area contributed by atoms with Crippen LogP contribution in [0.5, 0.6) is 5.75 Å². The summed E-state index contributed by atoms with van der Waals surface area (Å²) in [7, 11) is 3.26. The fourth-order valence-electron chi connectivity index (χ4n) is 1.20. The van der Waals surface area contributed by atoms with E-state index in [9.17, 15) is 0 Å². The zero-order chi connectivity index (χ0) is 10.6. The third-order valence-corrected chi connectivity index (χ3v) is 2.59. The summed E-state index contributed by atoms with van der Waals surface area (Å²) in [6, 6.07) is 6.09. The first-order chi connectivity index (χ1) is 6.69. The molecule has 1 unspecified atom stereocenters. The first-order valence-corrected chi connectivity index (χ1v) is 5.10. The van der Waals surface area contributed by atoms with Gasteiger partial charge in [-0.15, -0.1) is 0 Å². The van der Waals surface area contributed by atoms with Gasteiger partial charge in [0.2, 0.25) is 0 Å². The minimum Gasteiger partial charge on any atom is -0.496 e. The highest BCUT2D eigenvalue weighted by Crippen LogP contribution is 2.27. The fourth-order valence-corrected chi connectivity index (χ4v) is 1.76. The van der Waals surface area contributed by atoms with Crippen molar-refractivity contribution in [3.05, 3.63) is 28.2 Å². The molecule has 3 nitrogen and oxygen atoms in total. The average molecular weight is 260 g/mol. The molecule has 1 aromatic carbocycles. The van der Waals surface area contributed by atoms with Crippen molar-refractivity contribution in [1.29, 1.82) is 0 Å². The topological polar surface area (TPSA) is 30.5 Å². The maximum absolute atomic E-state index is 5.14. The van der Waals surface area contributed by atoms with Crippen molar-refractivity contribution >= 4 is 15.9 Å². The van der Waals surface area contributed by atoms with Gasteiger partial charge in [0.05, 0.1) is 24.7 Å². The third-order valence-electron chi connectivity index (χ3n) is 1.97. The monoisotopic (exact) mass is 259 g/mol. The van der Waals surface area contributed by atoms with Crippen LogP contribution in [-0.2, 0) is 4.84 Å². The molecule has 0 amide bonds. The van der Waals surface area contributed by atoms with Crippen LogP contribution in [0.3, 0.4) is 0 Å². The number of benzene rings is 1. The van der Waals surface area contributed by atoms with E-state index in [2.05, 4.69) is 21.4 Å². The largest absolute Gasteiger partial charge is 0.496 e. The van der Waals surface area contributed by atoms with Crippen LogP contribution in [0.1, 0.15) is 18.5 Å². The number of hydrogen-bond acceptors (Lipinski definition) is 3. The molecule has 78 valence electrons. The number of ether oxygens (including phenoxy) is 1. The fraction of sp³-hybridized carbons (Fsp3) is 0.400. The van der Waals surface area contributed by atoms with Gasteiger partial charge in [0, 0.05) is 0 Å². The van der Waals surface area contributed by atoms with Crippen LogP contribution in [0.2, 0.25) is 0 Å². The number of halogens is 1. The van der Waals surface area contributed by atoms with Crippen molar-refractivity contribution in [3.8, 4) is 5.75 Å². The molecular weight excluding hydrogens is 246 g/mol. The maximum Gasteiger partial charge on any atom is 0.133 e. The summed E-state index contributed by atoms with van der Waals surface area (Å²) in [5, 5.41) is 0. The predicted octanol–water partition coefficient (Wildman–Crippen LogP) is 2.67. The van der Waals surface area contributed by atoms with Gasteiger partial charge in [-0.1, -0.05) is 6.07 Å². The van der Waals surface area contributed by atoms with Crippen LogP contribution in [0.25, 0.3) is 0 Å². The van der Waals surface area contributed by atoms with E-state index in [0.29, 0.717) is 0 Å². The van der Waals surface area contributed by atoms with Crippen LogP contribution >= 0.6 is 15.9 Å². The van der Waals surface area contributed by atoms with E-state index in [1.54, 1.807) is 14.2 Å². The molecule has 0 fully saturated rings. The van der Waals surface area contributed by atoms with Gasteiger partial charge in [-0.3, -0.25) is 0 Å². The standard InChI is InChI=1S/C10H14BrNO2/c1-7(12-14-3)8-4-5-10(13-2)9(11)6-8/h4-7,12H,1-3H3. The highest BCUT2D eigenvalue weighted by molar-refractivity contribution is 9.10. The number of nitrogens with one attached hydrogen (secondary N) is 1. The Labute approximate surface area is 92.5 Å². The maximum atomic E-state index is 5.14. The Balaban J connectivity index is 2.85. The Hall–Kier alpha value is -0.580. The SMILES string of the molecule is CONC(C)c1ccc(OC)c(Br)c1. The predicted molar refractivity (Wildman–Crippen MR) is 59.3 cm³/mol. The Morgan fingerprint density at radius 2 is 2.07 bits per heavy atom. The van der Waals surface area contributed by atoms with E-state index in [0.717, 1.165) is 15.8 Å². The minimum absolute atomic E-state index is 0.155. The first kappa shape index (κ1) is 11.5. The van der Waals surface area contributed by atoms with Crippen molar-refractivity contribution < 1.29 is 9.57 Å². The van der Waals surface area contributed by atoms with Gasteiger partial charge in [-0.25, -0.2) is 0 Å². The quantitative estimate of drug-likeness (QED) is 0.844. The van der Waals surface area contributed by atoms with E-state index >= 15 is 0 Å². The second kappa shape index (κ2) is 5.34. The first-order valence-electron chi connectivity index (χ1n) is 4.31. The average Bonchev–Trinajstić information content (AvgIpc) is 2.18. The summed E-state index contributed by atoms with van der Waals surface area (Å²) >= 11 is 3.43. The molecule has 0 heterocycles. The van der Waals surface area contributed by atoms with E-state index in [-0.39, 0.29) is 6.04 Å². The van der Waals surface area contributed by atoms with Crippen molar-refractivity contribution in [2.45, 2.75) is 13.0 Å². The molecule has 0 aromatic heterocycles. The summed E-state index contributed by atoms with van der Waals surface area (Å²) in [6.07, 6.45) is 0. The molecule has 0 saturated carbocycles. The zero-order valence-corrected chi connectivity index (χ0v) is 10.1. The zero-order valence-electron chi connectivity index (χ0n) is 8.50. The lowest BCUT2D eigenvalue weighted by atomic mass is 10.1. The lowest BCUT2D eigenvalue weighted by Gasteiger charge is -2.13. The summed E-state index contributed by atoms with van der Waals surface area (Å²) in [4.78, 5) is 4.86. The molecule has 0 aliphatic rings. The normalized spacial score (nSPS) is 12.6. The number of hydroxylamine groups is 1. The van der Waals surface area contributed by atoms with Crippen molar-refractivity contribution in [3.63, 3.8) is 0 Å². The van der Waals surface area contributed by atoms with E-state index in [1.165, 1.54) is 0 Å². The van der Waals surface area contributed by atoms with Gasteiger partial charge in [0.1, 0.15) is 5.75 Å². The van der Waals surface area contributed by atoms with Crippen molar-refractivity contribution in [2.75, 3.05) is 14.2 Å². The van der Waals surface area contributed by atoms with Crippen molar-refractivity contribution in [2.24, 2.45) is 0 Å². The smallest absolute Gasteiger partial charge is 0.133 e. The Bertz CT molecular complexity index is 304. The molecular formula is C10H14BrNO2. The van der Waals surface area contributed by atoms with Gasteiger partial charge < -0.3 is 9.57 Å². The molecule has 1 N–H and O–H groups in total.